The van der Waals surface area contributed by atoms with Crippen molar-refractivity contribution < 1.29 is 9.13 Å². The number of pyridine rings is 1. The molecule has 3 unspecified atom stereocenters. The molecule has 2 rings (SSSR count). The minimum Gasteiger partial charge on any atom is -0.376 e. The maximum absolute atomic E-state index is 12.8. The first kappa shape index (κ1) is 14.4. The minimum atomic E-state index is -0.328. The molecule has 0 aliphatic carbocycles. The second kappa shape index (κ2) is 6.41. The molecule has 4 nitrogen and oxygen atoms in total. The SMILES string of the molecule is CC1CN(CC(C)C(N)c2ccc(F)cn2)CCO1. The first-order valence-electron chi connectivity index (χ1n) is 6.77. The van der Waals surface area contributed by atoms with E-state index in [9.17, 15) is 4.39 Å². The fourth-order valence-corrected chi connectivity index (χ4v) is 2.45. The van der Waals surface area contributed by atoms with Crippen molar-refractivity contribution in [2.75, 3.05) is 26.2 Å². The van der Waals surface area contributed by atoms with Crippen molar-refractivity contribution in [3.05, 3.63) is 29.8 Å². The van der Waals surface area contributed by atoms with Gasteiger partial charge in [0.15, 0.2) is 0 Å². The third kappa shape index (κ3) is 3.96. The molecular formula is C14H22FN3O. The van der Waals surface area contributed by atoms with Crippen LogP contribution in [0.1, 0.15) is 25.6 Å². The van der Waals surface area contributed by atoms with Gasteiger partial charge in [-0.1, -0.05) is 6.92 Å². The summed E-state index contributed by atoms with van der Waals surface area (Å²) in [5, 5.41) is 0. The molecule has 0 amide bonds. The molecule has 0 aromatic carbocycles. The number of morpholine rings is 1. The molecule has 19 heavy (non-hydrogen) atoms. The lowest BCUT2D eigenvalue weighted by atomic mass is 9.98. The van der Waals surface area contributed by atoms with E-state index in [0.29, 0.717) is 0 Å². The van der Waals surface area contributed by atoms with Crippen LogP contribution in [0.4, 0.5) is 4.39 Å². The molecule has 2 N–H and O–H groups in total. The predicted molar refractivity (Wildman–Crippen MR) is 72.1 cm³/mol. The lowest BCUT2D eigenvalue weighted by Crippen LogP contribution is -2.44. The number of halogens is 1. The van der Waals surface area contributed by atoms with Crippen LogP contribution in [0.2, 0.25) is 0 Å². The van der Waals surface area contributed by atoms with Crippen LogP contribution in [-0.4, -0.2) is 42.2 Å². The fourth-order valence-electron chi connectivity index (χ4n) is 2.45. The van der Waals surface area contributed by atoms with Crippen molar-refractivity contribution in [2.24, 2.45) is 11.7 Å². The number of nitrogens with two attached hydrogens (primary N) is 1. The Bertz CT molecular complexity index is 398. The number of rotatable bonds is 4. The van der Waals surface area contributed by atoms with E-state index in [-0.39, 0.29) is 23.9 Å². The molecular weight excluding hydrogens is 245 g/mol. The van der Waals surface area contributed by atoms with E-state index < -0.39 is 0 Å². The Kier molecular flexibility index (Phi) is 4.85. The van der Waals surface area contributed by atoms with Gasteiger partial charge >= 0.3 is 0 Å². The summed E-state index contributed by atoms with van der Waals surface area (Å²) < 4.78 is 18.4. The number of aromatic nitrogens is 1. The monoisotopic (exact) mass is 267 g/mol. The lowest BCUT2D eigenvalue weighted by Gasteiger charge is -2.34. The van der Waals surface area contributed by atoms with Gasteiger partial charge in [-0.25, -0.2) is 4.39 Å². The van der Waals surface area contributed by atoms with Crippen molar-refractivity contribution in [2.45, 2.75) is 26.0 Å². The van der Waals surface area contributed by atoms with Gasteiger partial charge in [-0.05, 0) is 25.0 Å². The Morgan fingerprint density at radius 1 is 1.58 bits per heavy atom. The summed E-state index contributed by atoms with van der Waals surface area (Å²) >= 11 is 0. The van der Waals surface area contributed by atoms with Crippen LogP contribution in [0.15, 0.2) is 18.3 Å². The summed E-state index contributed by atoms with van der Waals surface area (Å²) in [6, 6.07) is 2.91. The molecule has 1 aliphatic heterocycles. The summed E-state index contributed by atoms with van der Waals surface area (Å²) in [5.41, 5.74) is 6.94. The Morgan fingerprint density at radius 2 is 2.37 bits per heavy atom. The quantitative estimate of drug-likeness (QED) is 0.900. The summed E-state index contributed by atoms with van der Waals surface area (Å²) in [6.07, 6.45) is 1.50. The Balaban J connectivity index is 1.91. The average Bonchev–Trinajstić information content (AvgIpc) is 2.39. The highest BCUT2D eigenvalue weighted by Crippen LogP contribution is 2.19. The summed E-state index contributed by atoms with van der Waals surface area (Å²) in [4.78, 5) is 6.43. The second-order valence-electron chi connectivity index (χ2n) is 5.35. The number of nitrogens with zero attached hydrogens (tertiary/aromatic N) is 2. The van der Waals surface area contributed by atoms with Gasteiger partial charge in [0.2, 0.25) is 0 Å². The number of hydrogen-bond acceptors (Lipinski definition) is 4. The number of ether oxygens (including phenoxy) is 1. The maximum Gasteiger partial charge on any atom is 0.141 e. The third-order valence-electron chi connectivity index (χ3n) is 3.58. The topological polar surface area (TPSA) is 51.4 Å². The van der Waals surface area contributed by atoms with Crippen molar-refractivity contribution in [1.29, 1.82) is 0 Å². The van der Waals surface area contributed by atoms with Crippen LogP contribution >= 0.6 is 0 Å². The molecule has 0 radical (unpaired) electrons. The van der Waals surface area contributed by atoms with E-state index in [1.165, 1.54) is 12.3 Å². The fraction of sp³-hybridized carbons (Fsp3) is 0.643. The standard InChI is InChI=1S/C14H22FN3O/c1-10(8-18-5-6-19-11(2)9-18)14(16)13-4-3-12(15)7-17-13/h3-4,7,10-11,14H,5-6,8-9,16H2,1-2H3. The van der Waals surface area contributed by atoms with Gasteiger partial charge in [-0.15, -0.1) is 0 Å². The maximum atomic E-state index is 12.8. The Hall–Kier alpha value is -1.04. The zero-order chi connectivity index (χ0) is 13.8. The van der Waals surface area contributed by atoms with Crippen LogP contribution in [0.25, 0.3) is 0 Å². The zero-order valence-corrected chi connectivity index (χ0v) is 11.6. The van der Waals surface area contributed by atoms with E-state index in [0.717, 1.165) is 31.9 Å². The van der Waals surface area contributed by atoms with Crippen LogP contribution in [0, 0.1) is 11.7 Å². The van der Waals surface area contributed by atoms with E-state index in [1.807, 2.05) is 0 Å². The van der Waals surface area contributed by atoms with E-state index >= 15 is 0 Å². The van der Waals surface area contributed by atoms with Gasteiger partial charge in [0.05, 0.1) is 30.6 Å². The number of hydrogen-bond donors (Lipinski definition) is 1. The van der Waals surface area contributed by atoms with Gasteiger partial charge in [-0.2, -0.15) is 0 Å². The van der Waals surface area contributed by atoms with Crippen LogP contribution in [0.3, 0.4) is 0 Å². The Labute approximate surface area is 113 Å². The van der Waals surface area contributed by atoms with Gasteiger partial charge in [0, 0.05) is 19.6 Å². The van der Waals surface area contributed by atoms with Crippen molar-refractivity contribution in [3.8, 4) is 0 Å². The molecule has 5 heteroatoms. The molecule has 0 bridgehead atoms. The van der Waals surface area contributed by atoms with Gasteiger partial charge in [0.1, 0.15) is 5.82 Å². The van der Waals surface area contributed by atoms with Crippen LogP contribution in [0.5, 0.6) is 0 Å². The highest BCUT2D eigenvalue weighted by molar-refractivity contribution is 5.10. The first-order chi connectivity index (χ1) is 9.06. The molecule has 0 spiro atoms. The summed E-state index contributed by atoms with van der Waals surface area (Å²) in [6.45, 7) is 7.76. The van der Waals surface area contributed by atoms with Crippen molar-refractivity contribution in [3.63, 3.8) is 0 Å². The predicted octanol–water partition coefficient (Wildman–Crippen LogP) is 1.58. The molecule has 106 valence electrons. The molecule has 0 saturated carbocycles. The largest absolute Gasteiger partial charge is 0.376 e. The molecule has 1 aromatic heterocycles. The molecule has 1 fully saturated rings. The molecule has 3 atom stereocenters. The highest BCUT2D eigenvalue weighted by Gasteiger charge is 2.22. The highest BCUT2D eigenvalue weighted by atomic mass is 19.1. The van der Waals surface area contributed by atoms with E-state index in [1.54, 1.807) is 6.07 Å². The van der Waals surface area contributed by atoms with Crippen LogP contribution < -0.4 is 5.73 Å². The van der Waals surface area contributed by atoms with Gasteiger partial charge in [0.25, 0.3) is 0 Å². The lowest BCUT2D eigenvalue weighted by molar-refractivity contribution is -0.0234. The zero-order valence-electron chi connectivity index (χ0n) is 11.6. The Morgan fingerprint density at radius 3 is 3.00 bits per heavy atom. The third-order valence-corrected chi connectivity index (χ3v) is 3.58. The van der Waals surface area contributed by atoms with Gasteiger partial charge in [-0.3, -0.25) is 9.88 Å². The molecule has 1 aromatic rings. The van der Waals surface area contributed by atoms with Gasteiger partial charge < -0.3 is 10.5 Å². The van der Waals surface area contributed by atoms with Crippen LogP contribution in [-0.2, 0) is 4.74 Å². The van der Waals surface area contributed by atoms with Crippen molar-refractivity contribution in [1.82, 2.24) is 9.88 Å². The van der Waals surface area contributed by atoms with Crippen molar-refractivity contribution >= 4 is 0 Å². The second-order valence-corrected chi connectivity index (χ2v) is 5.35. The summed E-state index contributed by atoms with van der Waals surface area (Å²) in [5.74, 6) is -0.0612. The summed E-state index contributed by atoms with van der Waals surface area (Å²) in [7, 11) is 0. The normalized spacial score (nSPS) is 24.1. The average molecular weight is 267 g/mol. The molecule has 1 saturated heterocycles. The molecule has 2 heterocycles. The minimum absolute atomic E-state index is 0.168. The first-order valence-corrected chi connectivity index (χ1v) is 6.77. The van der Waals surface area contributed by atoms with E-state index in [2.05, 4.69) is 23.7 Å². The smallest absolute Gasteiger partial charge is 0.141 e. The molecule has 1 aliphatic rings. The van der Waals surface area contributed by atoms with E-state index in [4.69, 9.17) is 10.5 Å².